The molecule has 3 nitrogen and oxygen atoms in total. The number of hydrogen-bond acceptors (Lipinski definition) is 2. The standard InChI is InChI=1S/C14H7Cl2F4NO2/c15-10-6-11(16)12(17)5-9(10)13(22)21-7-1-3-8(4-2-7)23-14(18,19)20/h1-6H,(H,21,22). The molecule has 0 bridgehead atoms. The third kappa shape index (κ3) is 4.74. The number of carbonyl (C=O) groups excluding carboxylic acids is 1. The minimum Gasteiger partial charge on any atom is -0.406 e. The van der Waals surface area contributed by atoms with E-state index in [0.29, 0.717) is 0 Å². The largest absolute Gasteiger partial charge is 0.573 e. The molecule has 0 spiro atoms. The highest BCUT2D eigenvalue weighted by molar-refractivity contribution is 6.37. The molecular weight excluding hydrogens is 361 g/mol. The highest BCUT2D eigenvalue weighted by Gasteiger charge is 2.31. The Labute approximate surface area is 137 Å². The van der Waals surface area contributed by atoms with Gasteiger partial charge in [0, 0.05) is 5.69 Å². The topological polar surface area (TPSA) is 38.3 Å². The van der Waals surface area contributed by atoms with Gasteiger partial charge in [0.15, 0.2) is 0 Å². The van der Waals surface area contributed by atoms with E-state index in [1.807, 2.05) is 0 Å². The van der Waals surface area contributed by atoms with Crippen LogP contribution in [0, 0.1) is 5.82 Å². The van der Waals surface area contributed by atoms with Crippen molar-refractivity contribution < 1.29 is 27.1 Å². The second-order valence-electron chi connectivity index (χ2n) is 4.27. The Bertz CT molecular complexity index is 733. The van der Waals surface area contributed by atoms with Crippen LogP contribution in [0.25, 0.3) is 0 Å². The minimum atomic E-state index is -4.81. The zero-order valence-electron chi connectivity index (χ0n) is 11.0. The van der Waals surface area contributed by atoms with Crippen LogP contribution in [-0.4, -0.2) is 12.3 Å². The number of halogens is 6. The molecule has 1 N–H and O–H groups in total. The first-order valence-corrected chi connectivity index (χ1v) is 6.73. The number of nitrogens with one attached hydrogen (secondary N) is 1. The lowest BCUT2D eigenvalue weighted by Gasteiger charge is -2.10. The molecular formula is C14H7Cl2F4NO2. The van der Waals surface area contributed by atoms with Gasteiger partial charge >= 0.3 is 6.36 Å². The highest BCUT2D eigenvalue weighted by Crippen LogP contribution is 2.26. The Hall–Kier alpha value is -1.99. The number of alkyl halides is 3. The summed E-state index contributed by atoms with van der Waals surface area (Å²) in [5.41, 5.74) is 0.0140. The van der Waals surface area contributed by atoms with Crippen LogP contribution in [-0.2, 0) is 0 Å². The van der Waals surface area contributed by atoms with E-state index in [9.17, 15) is 22.4 Å². The lowest BCUT2D eigenvalue weighted by molar-refractivity contribution is -0.274. The Kier molecular flexibility index (Phi) is 5.01. The Morgan fingerprint density at radius 1 is 1.04 bits per heavy atom. The summed E-state index contributed by atoms with van der Waals surface area (Å²) in [4.78, 5) is 12.0. The average molecular weight is 368 g/mol. The molecule has 0 heterocycles. The zero-order valence-corrected chi connectivity index (χ0v) is 12.6. The van der Waals surface area contributed by atoms with Gasteiger partial charge in [-0.3, -0.25) is 4.79 Å². The van der Waals surface area contributed by atoms with Crippen LogP contribution in [0.3, 0.4) is 0 Å². The molecule has 2 aromatic rings. The molecule has 0 aliphatic rings. The van der Waals surface area contributed by atoms with Crippen LogP contribution < -0.4 is 10.1 Å². The van der Waals surface area contributed by atoms with E-state index in [4.69, 9.17) is 23.2 Å². The summed E-state index contributed by atoms with van der Waals surface area (Å²) in [5, 5.41) is 2.07. The quantitative estimate of drug-likeness (QED) is 0.591. The van der Waals surface area contributed by atoms with Crippen molar-refractivity contribution in [2.75, 3.05) is 5.32 Å². The zero-order chi connectivity index (χ0) is 17.2. The van der Waals surface area contributed by atoms with Gasteiger partial charge in [-0.1, -0.05) is 23.2 Å². The number of ether oxygens (including phenoxy) is 1. The number of hydrogen-bond donors (Lipinski definition) is 1. The van der Waals surface area contributed by atoms with Crippen LogP contribution >= 0.6 is 23.2 Å². The van der Waals surface area contributed by atoms with E-state index < -0.39 is 23.8 Å². The van der Waals surface area contributed by atoms with Gasteiger partial charge in [-0.15, -0.1) is 13.2 Å². The predicted octanol–water partition coefficient (Wildman–Crippen LogP) is 5.28. The fourth-order valence-corrected chi connectivity index (χ4v) is 2.10. The molecule has 0 radical (unpaired) electrons. The fourth-order valence-electron chi connectivity index (χ4n) is 1.63. The summed E-state index contributed by atoms with van der Waals surface area (Å²) >= 11 is 11.3. The smallest absolute Gasteiger partial charge is 0.406 e. The summed E-state index contributed by atoms with van der Waals surface area (Å²) in [6, 6.07) is 6.37. The summed E-state index contributed by atoms with van der Waals surface area (Å²) in [6.07, 6.45) is -4.81. The molecule has 0 fully saturated rings. The van der Waals surface area contributed by atoms with E-state index in [1.165, 1.54) is 12.1 Å². The van der Waals surface area contributed by atoms with Crippen molar-refractivity contribution in [1.29, 1.82) is 0 Å². The van der Waals surface area contributed by atoms with Crippen molar-refractivity contribution in [3.05, 3.63) is 57.8 Å². The van der Waals surface area contributed by atoms with Crippen molar-refractivity contribution in [2.24, 2.45) is 0 Å². The first kappa shape index (κ1) is 17.4. The minimum absolute atomic E-state index is 0.0640. The van der Waals surface area contributed by atoms with E-state index in [0.717, 1.165) is 24.3 Å². The molecule has 0 saturated carbocycles. The van der Waals surface area contributed by atoms with Crippen molar-refractivity contribution in [3.63, 3.8) is 0 Å². The van der Waals surface area contributed by atoms with Gasteiger partial charge in [0.2, 0.25) is 0 Å². The molecule has 23 heavy (non-hydrogen) atoms. The summed E-state index contributed by atoms with van der Waals surface area (Å²) in [5.74, 6) is -2.00. The number of anilines is 1. The Balaban J connectivity index is 2.13. The van der Waals surface area contributed by atoms with Crippen LogP contribution in [0.1, 0.15) is 10.4 Å². The van der Waals surface area contributed by atoms with E-state index in [1.54, 1.807) is 0 Å². The van der Waals surface area contributed by atoms with Crippen LogP contribution in [0.15, 0.2) is 36.4 Å². The Morgan fingerprint density at radius 2 is 1.65 bits per heavy atom. The summed E-state index contributed by atoms with van der Waals surface area (Å²) in [7, 11) is 0. The van der Waals surface area contributed by atoms with Crippen molar-refractivity contribution >= 4 is 34.8 Å². The van der Waals surface area contributed by atoms with E-state index in [2.05, 4.69) is 10.1 Å². The van der Waals surface area contributed by atoms with Gasteiger partial charge in [-0.2, -0.15) is 0 Å². The van der Waals surface area contributed by atoms with Crippen LogP contribution in [0.2, 0.25) is 10.0 Å². The van der Waals surface area contributed by atoms with Crippen LogP contribution in [0.5, 0.6) is 5.75 Å². The monoisotopic (exact) mass is 367 g/mol. The van der Waals surface area contributed by atoms with Crippen molar-refractivity contribution in [1.82, 2.24) is 0 Å². The third-order valence-electron chi connectivity index (χ3n) is 2.60. The average Bonchev–Trinajstić information content (AvgIpc) is 2.43. The molecule has 0 aliphatic carbocycles. The van der Waals surface area contributed by atoms with Crippen LogP contribution in [0.4, 0.5) is 23.2 Å². The number of amides is 1. The summed E-state index contributed by atoms with van der Waals surface area (Å²) < 4.78 is 53.2. The maximum Gasteiger partial charge on any atom is 0.573 e. The van der Waals surface area contributed by atoms with Gasteiger partial charge in [0.1, 0.15) is 11.6 Å². The first-order valence-electron chi connectivity index (χ1n) is 5.97. The van der Waals surface area contributed by atoms with E-state index >= 15 is 0 Å². The van der Waals surface area contributed by atoms with Gasteiger partial charge in [-0.05, 0) is 36.4 Å². The molecule has 122 valence electrons. The van der Waals surface area contributed by atoms with Crippen molar-refractivity contribution in [2.45, 2.75) is 6.36 Å². The highest BCUT2D eigenvalue weighted by atomic mass is 35.5. The third-order valence-corrected chi connectivity index (χ3v) is 3.20. The second kappa shape index (κ2) is 6.64. The molecule has 0 aromatic heterocycles. The lowest BCUT2D eigenvalue weighted by Crippen LogP contribution is -2.17. The molecule has 2 rings (SSSR count). The number of rotatable bonds is 3. The SMILES string of the molecule is O=C(Nc1ccc(OC(F)(F)F)cc1)c1cc(F)c(Cl)cc1Cl. The molecule has 1 amide bonds. The molecule has 0 atom stereocenters. The second-order valence-corrected chi connectivity index (χ2v) is 5.09. The van der Waals surface area contributed by atoms with Gasteiger partial charge < -0.3 is 10.1 Å². The molecule has 0 aliphatic heterocycles. The first-order chi connectivity index (χ1) is 10.7. The van der Waals surface area contributed by atoms with E-state index in [-0.39, 0.29) is 21.3 Å². The number of carbonyl (C=O) groups is 1. The number of benzene rings is 2. The summed E-state index contributed by atoms with van der Waals surface area (Å²) in [6.45, 7) is 0. The van der Waals surface area contributed by atoms with Gasteiger partial charge in [-0.25, -0.2) is 4.39 Å². The maximum absolute atomic E-state index is 13.4. The van der Waals surface area contributed by atoms with Gasteiger partial charge in [0.25, 0.3) is 5.91 Å². The molecule has 9 heteroatoms. The fraction of sp³-hybridized carbons (Fsp3) is 0.0714. The molecule has 0 unspecified atom stereocenters. The molecule has 2 aromatic carbocycles. The molecule has 0 saturated heterocycles. The maximum atomic E-state index is 13.4. The van der Waals surface area contributed by atoms with Crippen molar-refractivity contribution in [3.8, 4) is 5.75 Å². The predicted molar refractivity (Wildman–Crippen MR) is 77.5 cm³/mol. The lowest BCUT2D eigenvalue weighted by atomic mass is 10.2. The normalized spacial score (nSPS) is 11.2. The van der Waals surface area contributed by atoms with Gasteiger partial charge in [0.05, 0.1) is 15.6 Å². The Morgan fingerprint density at radius 3 is 2.22 bits per heavy atom.